The number of carbonyl (C=O) groups excluding carboxylic acids is 3. The van der Waals surface area contributed by atoms with Gasteiger partial charge in [0.1, 0.15) is 17.2 Å². The van der Waals surface area contributed by atoms with E-state index in [0.29, 0.717) is 17.2 Å². The van der Waals surface area contributed by atoms with Crippen LogP contribution in [0.5, 0.6) is 17.2 Å². The van der Waals surface area contributed by atoms with E-state index >= 15 is 0 Å². The summed E-state index contributed by atoms with van der Waals surface area (Å²) in [5.41, 5.74) is 3.07. The minimum atomic E-state index is -1.20. The van der Waals surface area contributed by atoms with Gasteiger partial charge in [-0.25, -0.2) is 0 Å². The van der Waals surface area contributed by atoms with Gasteiger partial charge in [-0.05, 0) is 94.2 Å². The van der Waals surface area contributed by atoms with Gasteiger partial charge < -0.3 is 43.9 Å². The van der Waals surface area contributed by atoms with Gasteiger partial charge in [0.25, 0.3) is 0 Å². The molecule has 0 aromatic heterocycles. The molecular formula is C39H51CrO9. The molecule has 3 rings (SSSR count). The van der Waals surface area contributed by atoms with E-state index in [2.05, 4.69) is 0 Å². The van der Waals surface area contributed by atoms with Crippen molar-refractivity contribution in [3.63, 3.8) is 0 Å². The zero-order chi connectivity index (χ0) is 36.9. The average Bonchev–Trinajstić information content (AvgIpc) is 2.96. The zero-order valence-corrected chi connectivity index (χ0v) is 32.0. The molecule has 0 heterocycles. The Morgan fingerprint density at radius 3 is 0.776 bits per heavy atom. The molecule has 1 radical (unpaired) electrons. The molecule has 267 valence electrons. The van der Waals surface area contributed by atoms with Crippen LogP contribution in [0.15, 0.2) is 54.6 Å². The van der Waals surface area contributed by atoms with Crippen LogP contribution in [-0.2, 0) is 17.4 Å². The van der Waals surface area contributed by atoms with Gasteiger partial charge in [-0.1, -0.05) is 77.9 Å². The van der Waals surface area contributed by atoms with Crippen LogP contribution in [0, 0.1) is 0 Å². The number of rotatable bonds is 12. The first kappa shape index (κ1) is 45.0. The minimum absolute atomic E-state index is 0. The molecule has 9 nitrogen and oxygen atoms in total. The molecule has 0 spiro atoms. The first-order chi connectivity index (χ1) is 22.3. The number of benzene rings is 3. The van der Waals surface area contributed by atoms with Gasteiger partial charge in [0.2, 0.25) is 0 Å². The van der Waals surface area contributed by atoms with Gasteiger partial charge in [-0.2, -0.15) is 0 Å². The summed E-state index contributed by atoms with van der Waals surface area (Å²) >= 11 is 0. The number of carbonyl (C=O) groups is 3. The maximum Gasteiger partial charge on any atom is 3.00 e. The van der Waals surface area contributed by atoms with Crippen molar-refractivity contribution in [3.05, 3.63) is 88.0 Å². The molecule has 0 atom stereocenters. The summed E-state index contributed by atoms with van der Waals surface area (Å²) in [6, 6.07) is 15.3. The summed E-state index contributed by atoms with van der Waals surface area (Å²) in [5.74, 6) is -1.63. The number of aromatic carboxylic acids is 3. The summed E-state index contributed by atoms with van der Waals surface area (Å²) in [4.78, 5) is 33.0. The van der Waals surface area contributed by atoms with Crippen molar-refractivity contribution in [2.24, 2.45) is 0 Å². The van der Waals surface area contributed by atoms with E-state index in [0.717, 1.165) is 16.7 Å². The molecule has 10 heteroatoms. The SMILES string of the molecule is CC(C)Oc1c(C(=O)[O-])cccc1C(C)C.CC(C)Oc1c(C(=O)[O-])cccc1C(C)C.CC(C)Oc1c(C(=O)[O-])cccc1C(C)C.[Cr+3]. The molecule has 0 unspecified atom stereocenters. The van der Waals surface area contributed by atoms with Crippen LogP contribution in [0.1, 0.15) is 149 Å². The van der Waals surface area contributed by atoms with E-state index in [1.165, 1.54) is 18.2 Å². The Hall–Kier alpha value is -4.00. The van der Waals surface area contributed by atoms with Crippen LogP contribution in [0.4, 0.5) is 0 Å². The number of carboxylic acids is 3. The normalized spacial score (nSPS) is 10.7. The van der Waals surface area contributed by atoms with Crippen LogP contribution < -0.4 is 29.5 Å². The maximum atomic E-state index is 11.0. The van der Waals surface area contributed by atoms with Crippen LogP contribution in [0.3, 0.4) is 0 Å². The molecule has 0 bridgehead atoms. The summed E-state index contributed by atoms with van der Waals surface area (Å²) < 4.78 is 16.7. The summed E-state index contributed by atoms with van der Waals surface area (Å²) in [7, 11) is 0. The van der Waals surface area contributed by atoms with Crippen molar-refractivity contribution in [2.45, 2.75) is 119 Å². The van der Waals surface area contributed by atoms with E-state index in [9.17, 15) is 29.7 Å². The van der Waals surface area contributed by atoms with E-state index in [1.54, 1.807) is 18.2 Å². The van der Waals surface area contributed by atoms with Crippen LogP contribution in [-0.4, -0.2) is 36.2 Å². The summed E-state index contributed by atoms with van der Waals surface area (Å²) in [5, 5.41) is 33.0. The summed E-state index contributed by atoms with van der Waals surface area (Å²) in [6.07, 6.45) is -0.172. The molecule has 49 heavy (non-hydrogen) atoms. The van der Waals surface area contributed by atoms with Gasteiger partial charge >= 0.3 is 17.4 Å². The fourth-order valence-electron chi connectivity index (χ4n) is 4.61. The Kier molecular flexibility index (Phi) is 19.4. The predicted octanol–water partition coefficient (Wildman–Crippen LogP) is 5.88. The second-order valence-electron chi connectivity index (χ2n) is 13.0. The van der Waals surface area contributed by atoms with Crippen molar-refractivity contribution < 1.29 is 61.3 Å². The quantitative estimate of drug-likeness (QED) is 0.224. The minimum Gasteiger partial charge on any atom is -0.545 e. The largest absolute Gasteiger partial charge is 3.00 e. The van der Waals surface area contributed by atoms with Gasteiger partial charge in [0.15, 0.2) is 0 Å². The molecular weight excluding hydrogens is 664 g/mol. The van der Waals surface area contributed by atoms with Crippen LogP contribution in [0.2, 0.25) is 0 Å². The Morgan fingerprint density at radius 2 is 0.633 bits per heavy atom. The zero-order valence-electron chi connectivity index (χ0n) is 30.7. The predicted molar refractivity (Wildman–Crippen MR) is 182 cm³/mol. The number of para-hydroxylation sites is 3. The van der Waals surface area contributed by atoms with E-state index < -0.39 is 17.9 Å². The molecule has 3 aromatic rings. The summed E-state index contributed by atoms with van der Waals surface area (Å²) in [6.45, 7) is 23.2. The molecule has 0 aliphatic heterocycles. The number of hydrogen-bond donors (Lipinski definition) is 0. The third-order valence-corrected chi connectivity index (χ3v) is 6.72. The van der Waals surface area contributed by atoms with Gasteiger partial charge in [0, 0.05) is 16.7 Å². The van der Waals surface area contributed by atoms with Crippen molar-refractivity contribution in [3.8, 4) is 17.2 Å². The van der Waals surface area contributed by atoms with Crippen molar-refractivity contribution in [2.75, 3.05) is 0 Å². The molecule has 0 aliphatic rings. The fraction of sp³-hybridized carbons (Fsp3) is 0.462. The Balaban J connectivity index is 0.000000698. The van der Waals surface area contributed by atoms with Gasteiger partial charge in [0.05, 0.1) is 36.2 Å². The maximum absolute atomic E-state index is 11.0. The van der Waals surface area contributed by atoms with Crippen LogP contribution in [0.25, 0.3) is 0 Å². The van der Waals surface area contributed by atoms with Gasteiger partial charge in [-0.3, -0.25) is 0 Å². The van der Waals surface area contributed by atoms with Crippen molar-refractivity contribution >= 4 is 17.9 Å². The number of ether oxygens (including phenoxy) is 3. The average molecular weight is 716 g/mol. The van der Waals surface area contributed by atoms with Crippen molar-refractivity contribution in [1.82, 2.24) is 0 Å². The molecule has 0 saturated heterocycles. The van der Waals surface area contributed by atoms with Crippen LogP contribution >= 0.6 is 0 Å². The first-order valence-electron chi connectivity index (χ1n) is 16.3. The second-order valence-corrected chi connectivity index (χ2v) is 13.0. The Labute approximate surface area is 302 Å². The molecule has 3 aromatic carbocycles. The smallest absolute Gasteiger partial charge is 0.545 e. The van der Waals surface area contributed by atoms with Crippen molar-refractivity contribution in [1.29, 1.82) is 0 Å². The van der Waals surface area contributed by atoms with E-state index in [1.807, 2.05) is 101 Å². The topological polar surface area (TPSA) is 148 Å². The van der Waals surface area contributed by atoms with Gasteiger partial charge in [-0.15, -0.1) is 0 Å². The molecule has 0 fully saturated rings. The Morgan fingerprint density at radius 1 is 0.429 bits per heavy atom. The van der Waals surface area contributed by atoms with E-state index in [4.69, 9.17) is 14.2 Å². The molecule has 0 N–H and O–H groups in total. The molecule has 0 amide bonds. The molecule has 0 aliphatic carbocycles. The monoisotopic (exact) mass is 715 g/mol. The second kappa shape index (κ2) is 21.2. The third kappa shape index (κ3) is 14.2. The fourth-order valence-corrected chi connectivity index (χ4v) is 4.61. The first-order valence-corrected chi connectivity index (χ1v) is 16.3. The third-order valence-electron chi connectivity index (χ3n) is 6.72. The number of carboxylic acid groups (broad SMARTS) is 3. The molecule has 0 saturated carbocycles. The number of hydrogen-bond acceptors (Lipinski definition) is 9. The van der Waals surface area contributed by atoms with E-state index in [-0.39, 0.29) is 70.1 Å². The Bertz CT molecular complexity index is 1330. The standard InChI is InChI=1S/3C13H18O3.Cr/c3*1-8(2)10-6-5-7-11(13(14)15)12(10)16-9(3)4;/h3*5-9H,1-4H3,(H,14,15);/q;;;+3/p-3.